The Balaban J connectivity index is 1.58. The van der Waals surface area contributed by atoms with Gasteiger partial charge in [-0.25, -0.2) is 0 Å². The number of nitrogens with one attached hydrogen (secondary N) is 4. The van der Waals surface area contributed by atoms with Crippen LogP contribution < -0.4 is 35.5 Å². The first-order chi connectivity index (χ1) is 26.6. The Bertz CT molecular complexity index is 1960. The van der Waals surface area contributed by atoms with Crippen LogP contribution in [0, 0.1) is 0 Å². The third kappa shape index (κ3) is 9.20. The third-order valence-electron chi connectivity index (χ3n) is 10.0. The Hall–Kier alpha value is -6.16. The van der Waals surface area contributed by atoms with E-state index in [-0.39, 0.29) is 18.4 Å². The van der Waals surface area contributed by atoms with Crippen LogP contribution in [-0.2, 0) is 41.6 Å². The lowest BCUT2D eigenvalue weighted by molar-refractivity contribution is -0.153. The zero-order valence-corrected chi connectivity index (χ0v) is 32.3. The molecule has 16 heteroatoms. The van der Waals surface area contributed by atoms with Gasteiger partial charge in [-0.15, -0.1) is 0 Å². The number of ether oxygens (including phenoxy) is 3. The molecule has 0 aromatic heterocycles. The van der Waals surface area contributed by atoms with Crippen molar-refractivity contribution in [3.8, 4) is 23.0 Å². The summed E-state index contributed by atoms with van der Waals surface area (Å²) in [5.74, 6) is -2.68. The lowest BCUT2D eigenvalue weighted by atomic mass is 9.96. The number of aliphatic hydroxyl groups excluding tert-OH is 1. The molecule has 0 aliphatic carbocycles. The number of carbonyl (C=O) groups is 6. The molecule has 6 bridgehead atoms. The molecule has 0 unspecified atom stereocenters. The molecule has 0 radical (unpaired) electrons. The number of aliphatic hydroxyl groups is 1. The average molecular weight is 773 g/mol. The molecule has 298 valence electrons. The molecule has 7 atom stereocenters. The number of fused-ring (bicyclic) bond motifs is 2. The number of hydrogen-bond acceptors (Lipinski definition) is 10. The van der Waals surface area contributed by atoms with Crippen LogP contribution >= 0.6 is 0 Å². The topological polar surface area (TPSA) is 205 Å². The van der Waals surface area contributed by atoms with Crippen LogP contribution in [0.5, 0.6) is 23.0 Å². The van der Waals surface area contributed by atoms with Crippen molar-refractivity contribution in [2.75, 3.05) is 28.3 Å². The number of benzene rings is 3. The van der Waals surface area contributed by atoms with Gasteiger partial charge in [0.2, 0.25) is 35.4 Å². The van der Waals surface area contributed by atoms with E-state index in [1.54, 1.807) is 66.7 Å². The molecular weight excluding hydrogens is 724 g/mol. The number of nitrogens with zero attached hydrogens (tertiary/aromatic N) is 2. The summed E-state index contributed by atoms with van der Waals surface area (Å²) < 4.78 is 16.8. The first-order valence-electron chi connectivity index (χ1n) is 18.1. The molecule has 0 spiro atoms. The van der Waals surface area contributed by atoms with E-state index in [1.807, 2.05) is 0 Å². The fourth-order valence-corrected chi connectivity index (χ4v) is 6.57. The molecule has 3 heterocycles. The molecule has 3 aromatic carbocycles. The highest BCUT2D eigenvalue weighted by molar-refractivity contribution is 5.98. The third-order valence-corrected chi connectivity index (χ3v) is 10.0. The van der Waals surface area contributed by atoms with E-state index >= 15 is 0 Å². The van der Waals surface area contributed by atoms with Crippen LogP contribution in [-0.4, -0.2) is 115 Å². The van der Waals surface area contributed by atoms with Gasteiger partial charge in [0.25, 0.3) is 0 Å². The predicted octanol–water partition coefficient (Wildman–Crippen LogP) is 0.995. The van der Waals surface area contributed by atoms with Crippen LogP contribution in [0.25, 0.3) is 0 Å². The van der Waals surface area contributed by atoms with Crippen molar-refractivity contribution < 1.29 is 48.1 Å². The molecule has 1 fully saturated rings. The predicted molar refractivity (Wildman–Crippen MR) is 203 cm³/mol. The monoisotopic (exact) mass is 772 g/mol. The summed E-state index contributed by atoms with van der Waals surface area (Å²) in [7, 11) is 5.68. The molecule has 0 saturated carbocycles. The van der Waals surface area contributed by atoms with E-state index in [1.165, 1.54) is 49.1 Å². The summed E-state index contributed by atoms with van der Waals surface area (Å²) >= 11 is 0. The van der Waals surface area contributed by atoms with Crippen LogP contribution in [0.15, 0.2) is 66.7 Å². The maximum atomic E-state index is 14.7. The van der Waals surface area contributed by atoms with Gasteiger partial charge >= 0.3 is 0 Å². The lowest BCUT2D eigenvalue weighted by Gasteiger charge is -2.38. The largest absolute Gasteiger partial charge is 0.497 e. The van der Waals surface area contributed by atoms with Crippen LogP contribution in [0.3, 0.4) is 0 Å². The SMILES string of the molecule is COc1ccc(C[C@@H]2NC(=O)[C@@H](C)NC(=O)[C@H](C)NC(=O)[C@@H]3Cc4ccc(OC)c(c4)Oc4ccc(cc4)[C@@H](O)[C@@H](C(=O)N3C)N(C)C(=O)[C@@H](C)NC2=O)cc1. The summed E-state index contributed by atoms with van der Waals surface area (Å²) in [5, 5.41) is 22.4. The molecule has 1 saturated heterocycles. The maximum Gasteiger partial charge on any atom is 0.248 e. The van der Waals surface area contributed by atoms with Crippen LogP contribution in [0.1, 0.15) is 43.6 Å². The normalized spacial score (nSPS) is 25.5. The van der Waals surface area contributed by atoms with E-state index in [9.17, 15) is 33.9 Å². The summed E-state index contributed by atoms with van der Waals surface area (Å²) in [6.07, 6.45) is -1.69. The number of rotatable bonds is 4. The van der Waals surface area contributed by atoms with Gasteiger partial charge < -0.3 is 50.4 Å². The number of hydrogen-bond donors (Lipinski definition) is 5. The molecule has 16 nitrogen and oxygen atoms in total. The van der Waals surface area contributed by atoms with Crippen molar-refractivity contribution >= 4 is 35.4 Å². The first kappa shape index (κ1) is 41.0. The Morgan fingerprint density at radius 2 is 1.30 bits per heavy atom. The highest BCUT2D eigenvalue weighted by Crippen LogP contribution is 2.35. The second-order valence-electron chi connectivity index (χ2n) is 14.0. The number of methoxy groups -OCH3 is 2. The molecule has 3 aliphatic heterocycles. The first-order valence-corrected chi connectivity index (χ1v) is 18.1. The Kier molecular flexibility index (Phi) is 12.8. The van der Waals surface area contributed by atoms with Gasteiger partial charge in [0.15, 0.2) is 11.5 Å². The smallest absolute Gasteiger partial charge is 0.248 e. The van der Waals surface area contributed by atoms with E-state index < -0.39 is 77.8 Å². The molecule has 5 N–H and O–H groups in total. The zero-order chi connectivity index (χ0) is 40.8. The average Bonchev–Trinajstić information content (AvgIpc) is 3.18. The second kappa shape index (κ2) is 17.5. The summed E-state index contributed by atoms with van der Waals surface area (Å²) in [6, 6.07) is 10.4. The van der Waals surface area contributed by atoms with E-state index in [0.29, 0.717) is 34.1 Å². The minimum atomic E-state index is -1.62. The lowest BCUT2D eigenvalue weighted by Crippen LogP contribution is -2.62. The van der Waals surface area contributed by atoms with E-state index in [0.717, 1.165) is 9.80 Å². The highest BCUT2D eigenvalue weighted by atomic mass is 16.5. The minimum absolute atomic E-state index is 0.00680. The van der Waals surface area contributed by atoms with Crippen molar-refractivity contribution in [1.29, 1.82) is 0 Å². The van der Waals surface area contributed by atoms with Crippen LogP contribution in [0.4, 0.5) is 0 Å². The van der Waals surface area contributed by atoms with Crippen molar-refractivity contribution in [3.63, 3.8) is 0 Å². The quantitative estimate of drug-likeness (QED) is 0.255. The maximum absolute atomic E-state index is 14.7. The van der Waals surface area contributed by atoms with Gasteiger partial charge in [-0.2, -0.15) is 0 Å². The minimum Gasteiger partial charge on any atom is -0.497 e. The van der Waals surface area contributed by atoms with Gasteiger partial charge in [-0.3, -0.25) is 28.8 Å². The Labute approximate surface area is 324 Å². The van der Waals surface area contributed by atoms with Crippen molar-refractivity contribution in [1.82, 2.24) is 31.1 Å². The highest BCUT2D eigenvalue weighted by Gasteiger charge is 2.42. The molecule has 6 amide bonds. The summed E-state index contributed by atoms with van der Waals surface area (Å²) in [4.78, 5) is 85.8. The standard InChI is InChI=1S/C40H48N6O10/c1-21-35(48)41-22(2)36(49)44-29(18-24-8-13-27(54-6)14-9-24)37(50)43-23(3)39(52)46(5)33-34(47)26-11-15-28(16-12-26)56-32-20-25(10-17-31(32)55-7)19-30(38(51)42-21)45(4)40(33)53/h8-17,20-23,29-30,33-34,47H,18-19H2,1-7H3,(H,41,48)(H,42,51)(H,43,50)(H,44,49)/t21-,22+,23+,29-,30-,33-,34+/m0/s1. The number of carbonyl (C=O) groups excluding carboxylic acids is 6. The molecule has 3 aromatic rings. The molecule has 3 aliphatic rings. The summed E-state index contributed by atoms with van der Waals surface area (Å²) in [6.45, 7) is 4.26. The van der Waals surface area contributed by atoms with Gasteiger partial charge in [-0.1, -0.05) is 30.3 Å². The number of likely N-dealkylation sites (N-methyl/N-ethyl adjacent to an activating group) is 2. The van der Waals surface area contributed by atoms with Gasteiger partial charge in [-0.05, 0) is 73.9 Å². The van der Waals surface area contributed by atoms with E-state index in [2.05, 4.69) is 21.3 Å². The molecule has 6 rings (SSSR count). The van der Waals surface area contributed by atoms with Crippen LogP contribution in [0.2, 0.25) is 0 Å². The Morgan fingerprint density at radius 3 is 1.93 bits per heavy atom. The summed E-state index contributed by atoms with van der Waals surface area (Å²) in [5.41, 5.74) is 1.47. The zero-order valence-electron chi connectivity index (χ0n) is 32.3. The van der Waals surface area contributed by atoms with Gasteiger partial charge in [0, 0.05) is 26.9 Å². The van der Waals surface area contributed by atoms with Crippen molar-refractivity contribution in [2.24, 2.45) is 0 Å². The van der Waals surface area contributed by atoms with Gasteiger partial charge in [0.05, 0.1) is 14.2 Å². The second-order valence-corrected chi connectivity index (χ2v) is 14.0. The fourth-order valence-electron chi connectivity index (χ4n) is 6.57. The van der Waals surface area contributed by atoms with Crippen molar-refractivity contribution in [3.05, 3.63) is 83.4 Å². The molecular formula is C40H48N6O10. The fraction of sp³-hybridized carbons (Fsp3) is 0.400. The van der Waals surface area contributed by atoms with Gasteiger partial charge in [0.1, 0.15) is 53.9 Å². The Morgan fingerprint density at radius 1 is 0.696 bits per heavy atom. The van der Waals surface area contributed by atoms with Crippen molar-refractivity contribution in [2.45, 2.75) is 76.0 Å². The number of amides is 6. The van der Waals surface area contributed by atoms with E-state index in [4.69, 9.17) is 14.2 Å². The molecule has 56 heavy (non-hydrogen) atoms.